The number of carboxylic acid groups (broad SMARTS) is 1. The number of rotatable bonds is 9. The minimum atomic E-state index is -1.08. The Labute approximate surface area is 230 Å². The fourth-order valence-corrected chi connectivity index (χ4v) is 4.78. The lowest BCUT2D eigenvalue weighted by molar-refractivity contribution is -0.123. The third-order valence-corrected chi connectivity index (χ3v) is 6.83. The molecule has 2 atom stereocenters. The Morgan fingerprint density at radius 3 is 2.45 bits per heavy atom. The summed E-state index contributed by atoms with van der Waals surface area (Å²) >= 11 is 0. The van der Waals surface area contributed by atoms with Gasteiger partial charge >= 0.3 is 12.0 Å². The van der Waals surface area contributed by atoms with Crippen LogP contribution in [0.3, 0.4) is 0 Å². The predicted molar refractivity (Wildman–Crippen MR) is 144 cm³/mol. The number of anilines is 1. The van der Waals surface area contributed by atoms with Gasteiger partial charge in [-0.3, -0.25) is 9.69 Å². The Hall–Kier alpha value is -4.64. The van der Waals surface area contributed by atoms with Crippen molar-refractivity contribution in [3.63, 3.8) is 0 Å². The summed E-state index contributed by atoms with van der Waals surface area (Å²) in [6.07, 6.45) is 0.910. The van der Waals surface area contributed by atoms with Crippen molar-refractivity contribution < 1.29 is 33.4 Å². The molecule has 2 aliphatic rings. The first-order valence-electron chi connectivity index (χ1n) is 12.9. The molecule has 4 N–H and O–H groups in total. The van der Waals surface area contributed by atoms with E-state index in [1.54, 1.807) is 12.1 Å². The van der Waals surface area contributed by atoms with Gasteiger partial charge in [0.15, 0.2) is 11.5 Å². The van der Waals surface area contributed by atoms with E-state index in [0.29, 0.717) is 24.3 Å². The van der Waals surface area contributed by atoms with Crippen LogP contribution in [-0.4, -0.2) is 59.9 Å². The zero-order chi connectivity index (χ0) is 28.1. The van der Waals surface area contributed by atoms with E-state index in [2.05, 4.69) is 20.9 Å². The fraction of sp³-hybridized carbons (Fsp3) is 0.276. The third-order valence-electron chi connectivity index (χ3n) is 6.83. The number of likely N-dealkylation sites (tertiary alicyclic amines) is 1. The van der Waals surface area contributed by atoms with Crippen molar-refractivity contribution in [1.82, 2.24) is 15.5 Å². The van der Waals surface area contributed by atoms with Crippen molar-refractivity contribution in [2.24, 2.45) is 0 Å². The highest BCUT2D eigenvalue weighted by molar-refractivity contribution is 5.94. The molecule has 3 amide bonds. The lowest BCUT2D eigenvalue weighted by atomic mass is 10.0. The van der Waals surface area contributed by atoms with E-state index in [-0.39, 0.29) is 30.7 Å². The molecule has 3 aromatic carbocycles. The smallest absolute Gasteiger partial charge is 0.335 e. The standard InChI is InChI=1S/C29H29FN4O6/c30-21-6-1-18(2-7-21)13-24(33-29(38)32-22-8-4-20(5-9-22)28(36)37)27(35)31-23-11-12-34(16-23)15-19-3-10-25-26(14-19)40-17-39-25/h1-10,14,23-24H,11-13,15-17H2,(H,31,35)(H,36,37)(H2,32,33,38)/t23-,24-/m0/s1. The predicted octanol–water partition coefficient (Wildman–Crippen LogP) is 3.38. The summed E-state index contributed by atoms with van der Waals surface area (Å²) in [5.74, 6) is -0.360. The number of nitrogens with zero attached hydrogens (tertiary/aromatic N) is 1. The summed E-state index contributed by atoms with van der Waals surface area (Å²) in [7, 11) is 0. The molecule has 40 heavy (non-hydrogen) atoms. The number of hydrogen-bond acceptors (Lipinski definition) is 6. The average Bonchev–Trinajstić information content (AvgIpc) is 3.58. The molecular weight excluding hydrogens is 519 g/mol. The van der Waals surface area contributed by atoms with Crippen LogP contribution in [0.4, 0.5) is 14.9 Å². The van der Waals surface area contributed by atoms with Gasteiger partial charge in [0, 0.05) is 37.8 Å². The number of carboxylic acids is 1. The zero-order valence-corrected chi connectivity index (χ0v) is 21.6. The Morgan fingerprint density at radius 2 is 1.70 bits per heavy atom. The lowest BCUT2D eigenvalue weighted by Crippen LogP contribution is -2.52. The molecule has 3 aromatic rings. The fourth-order valence-electron chi connectivity index (χ4n) is 4.78. The monoisotopic (exact) mass is 548 g/mol. The van der Waals surface area contributed by atoms with Crippen LogP contribution in [0.5, 0.6) is 11.5 Å². The Bertz CT molecular complexity index is 1380. The number of hydrogen-bond donors (Lipinski definition) is 4. The highest BCUT2D eigenvalue weighted by atomic mass is 19.1. The molecule has 0 aliphatic carbocycles. The van der Waals surface area contributed by atoms with Gasteiger partial charge in [0.2, 0.25) is 12.7 Å². The van der Waals surface area contributed by atoms with E-state index in [0.717, 1.165) is 30.0 Å². The van der Waals surface area contributed by atoms with Crippen molar-refractivity contribution in [2.75, 3.05) is 25.2 Å². The van der Waals surface area contributed by atoms with Crippen LogP contribution < -0.4 is 25.4 Å². The lowest BCUT2D eigenvalue weighted by Gasteiger charge is -2.22. The summed E-state index contributed by atoms with van der Waals surface area (Å²) < 4.78 is 24.3. The normalized spacial score (nSPS) is 16.8. The van der Waals surface area contributed by atoms with Crippen LogP contribution in [-0.2, 0) is 17.8 Å². The summed E-state index contributed by atoms with van der Waals surface area (Å²) in [5, 5.41) is 17.4. The number of ether oxygens (including phenoxy) is 2. The zero-order valence-electron chi connectivity index (χ0n) is 21.6. The molecular formula is C29H29FN4O6. The van der Waals surface area contributed by atoms with Gasteiger partial charge in [0.05, 0.1) is 5.56 Å². The molecule has 1 fully saturated rings. The molecule has 10 nitrogen and oxygen atoms in total. The summed E-state index contributed by atoms with van der Waals surface area (Å²) in [6.45, 7) is 2.36. The largest absolute Gasteiger partial charge is 0.478 e. The second kappa shape index (κ2) is 12.0. The van der Waals surface area contributed by atoms with Gasteiger partial charge in [-0.25, -0.2) is 14.0 Å². The number of urea groups is 1. The Balaban J connectivity index is 1.20. The Kier molecular flexibility index (Phi) is 8.11. The molecule has 0 radical (unpaired) electrons. The molecule has 2 heterocycles. The van der Waals surface area contributed by atoms with Gasteiger partial charge in [-0.15, -0.1) is 0 Å². The molecule has 208 valence electrons. The van der Waals surface area contributed by atoms with Gasteiger partial charge in [0.25, 0.3) is 0 Å². The van der Waals surface area contributed by atoms with Gasteiger partial charge in [-0.05, 0) is 66.1 Å². The maximum absolute atomic E-state index is 13.4. The summed E-state index contributed by atoms with van der Waals surface area (Å²) in [5.41, 5.74) is 2.23. The first-order valence-corrected chi connectivity index (χ1v) is 12.9. The minimum Gasteiger partial charge on any atom is -0.478 e. The number of amides is 3. The molecule has 0 saturated carbocycles. The quantitative estimate of drug-likeness (QED) is 0.323. The van der Waals surface area contributed by atoms with Crippen LogP contribution >= 0.6 is 0 Å². The van der Waals surface area contributed by atoms with E-state index < -0.39 is 23.9 Å². The van der Waals surface area contributed by atoms with Crippen LogP contribution in [0.25, 0.3) is 0 Å². The first kappa shape index (κ1) is 26.9. The SMILES string of the molecule is O=C(Nc1ccc(C(=O)O)cc1)N[C@@H](Cc1ccc(F)cc1)C(=O)N[C@H]1CCN(Cc2ccc3c(c2)OCO3)C1. The van der Waals surface area contributed by atoms with Crippen molar-refractivity contribution in [2.45, 2.75) is 31.5 Å². The molecule has 0 spiro atoms. The van der Waals surface area contributed by atoms with E-state index in [1.165, 1.54) is 36.4 Å². The van der Waals surface area contributed by atoms with Gasteiger partial charge in [-0.2, -0.15) is 0 Å². The van der Waals surface area contributed by atoms with Crippen LogP contribution in [0.1, 0.15) is 27.9 Å². The molecule has 5 rings (SSSR count). The minimum absolute atomic E-state index is 0.0867. The maximum Gasteiger partial charge on any atom is 0.335 e. The van der Waals surface area contributed by atoms with Crippen molar-refractivity contribution in [1.29, 1.82) is 0 Å². The van der Waals surface area contributed by atoms with Gasteiger partial charge < -0.3 is 30.5 Å². The highest BCUT2D eigenvalue weighted by Crippen LogP contribution is 2.33. The number of halogens is 1. The Morgan fingerprint density at radius 1 is 0.975 bits per heavy atom. The maximum atomic E-state index is 13.4. The topological polar surface area (TPSA) is 129 Å². The molecule has 0 bridgehead atoms. The number of carbonyl (C=O) groups excluding carboxylic acids is 2. The van der Waals surface area contributed by atoms with Crippen LogP contribution in [0, 0.1) is 5.82 Å². The molecule has 2 aliphatic heterocycles. The summed E-state index contributed by atoms with van der Waals surface area (Å²) in [6, 6.07) is 15.6. The van der Waals surface area contributed by atoms with Crippen molar-refractivity contribution in [3.8, 4) is 11.5 Å². The van der Waals surface area contributed by atoms with E-state index in [4.69, 9.17) is 14.6 Å². The molecule has 0 unspecified atom stereocenters. The summed E-state index contributed by atoms with van der Waals surface area (Å²) in [4.78, 5) is 39.4. The van der Waals surface area contributed by atoms with Crippen LogP contribution in [0.15, 0.2) is 66.7 Å². The molecule has 0 aromatic heterocycles. The number of aromatic carboxylic acids is 1. The number of carbonyl (C=O) groups is 3. The van der Waals surface area contributed by atoms with E-state index in [9.17, 15) is 18.8 Å². The number of fused-ring (bicyclic) bond motifs is 1. The molecule has 11 heteroatoms. The second-order valence-electron chi connectivity index (χ2n) is 9.78. The van der Waals surface area contributed by atoms with Crippen LogP contribution in [0.2, 0.25) is 0 Å². The van der Waals surface area contributed by atoms with Gasteiger partial charge in [-0.1, -0.05) is 18.2 Å². The average molecular weight is 549 g/mol. The third kappa shape index (κ3) is 6.86. The highest BCUT2D eigenvalue weighted by Gasteiger charge is 2.28. The van der Waals surface area contributed by atoms with E-state index in [1.807, 2.05) is 18.2 Å². The number of nitrogens with one attached hydrogen (secondary N) is 3. The van der Waals surface area contributed by atoms with Gasteiger partial charge in [0.1, 0.15) is 11.9 Å². The number of benzene rings is 3. The van der Waals surface area contributed by atoms with E-state index >= 15 is 0 Å². The second-order valence-corrected chi connectivity index (χ2v) is 9.78. The van der Waals surface area contributed by atoms with Crippen molar-refractivity contribution >= 4 is 23.6 Å². The van der Waals surface area contributed by atoms with Crippen molar-refractivity contribution in [3.05, 3.63) is 89.2 Å². The first-order chi connectivity index (χ1) is 19.3. The molecule has 1 saturated heterocycles.